The maximum absolute atomic E-state index is 12.9. The molecule has 2 saturated heterocycles. The molecule has 1 saturated carbocycles. The van der Waals surface area contributed by atoms with Crippen LogP contribution in [0.3, 0.4) is 0 Å². The van der Waals surface area contributed by atoms with E-state index in [1.807, 2.05) is 17.0 Å². The number of benzene rings is 1. The number of hydrogen-bond donors (Lipinski definition) is 0. The van der Waals surface area contributed by atoms with Gasteiger partial charge in [0, 0.05) is 23.9 Å². The Morgan fingerprint density at radius 1 is 1.32 bits per heavy atom. The topological polar surface area (TPSA) is 42.1 Å². The van der Waals surface area contributed by atoms with Gasteiger partial charge in [0.05, 0.1) is 18.2 Å². The minimum Gasteiger partial charge on any atom is -0.443 e. The van der Waals surface area contributed by atoms with Crippen LogP contribution in [0.2, 0.25) is 0 Å². The number of epoxide rings is 1. The van der Waals surface area contributed by atoms with E-state index in [-0.39, 0.29) is 23.3 Å². The molecule has 3 unspecified atom stereocenters. The van der Waals surface area contributed by atoms with Crippen molar-refractivity contribution >= 4 is 22.0 Å². The molecule has 1 aromatic rings. The number of carbonyl (C=O) groups is 1. The Kier molecular flexibility index (Phi) is 4.35. The third-order valence-electron chi connectivity index (χ3n) is 5.86. The summed E-state index contributed by atoms with van der Waals surface area (Å²) in [6.45, 7) is 5.74. The lowest BCUT2D eigenvalue weighted by Crippen LogP contribution is -2.52. The third-order valence-corrected chi connectivity index (χ3v) is 6.39. The predicted molar refractivity (Wildman–Crippen MR) is 99.4 cm³/mol. The quantitative estimate of drug-likeness (QED) is 0.618. The van der Waals surface area contributed by atoms with Crippen LogP contribution < -0.4 is 0 Å². The molecule has 3 atom stereocenters. The highest BCUT2D eigenvalue weighted by atomic mass is 79.9. The largest absolute Gasteiger partial charge is 0.443 e. The van der Waals surface area contributed by atoms with Gasteiger partial charge in [-0.25, -0.2) is 4.79 Å². The van der Waals surface area contributed by atoms with Crippen molar-refractivity contribution in [2.75, 3.05) is 13.2 Å². The van der Waals surface area contributed by atoms with Crippen LogP contribution in [-0.4, -0.2) is 35.3 Å². The lowest BCUT2D eigenvalue weighted by atomic mass is 9.82. The SMILES string of the molecule is CC(c1ccc(Br)cc1)N1CCC(CC2CC2)(CC2(C)CO2)OC1=O. The van der Waals surface area contributed by atoms with E-state index in [2.05, 4.69) is 41.9 Å². The molecule has 2 heterocycles. The van der Waals surface area contributed by atoms with E-state index in [0.29, 0.717) is 0 Å². The van der Waals surface area contributed by atoms with Crippen molar-refractivity contribution in [2.24, 2.45) is 5.92 Å². The summed E-state index contributed by atoms with van der Waals surface area (Å²) >= 11 is 3.46. The molecule has 136 valence electrons. The Morgan fingerprint density at radius 3 is 2.56 bits per heavy atom. The number of halogens is 1. The van der Waals surface area contributed by atoms with Crippen molar-refractivity contribution in [3.8, 4) is 0 Å². The van der Waals surface area contributed by atoms with Crippen molar-refractivity contribution in [1.82, 2.24) is 4.90 Å². The number of cyclic esters (lactones) is 1. The molecule has 0 radical (unpaired) electrons. The van der Waals surface area contributed by atoms with Gasteiger partial charge in [-0.05, 0) is 43.9 Å². The van der Waals surface area contributed by atoms with Crippen LogP contribution >= 0.6 is 15.9 Å². The summed E-state index contributed by atoms with van der Waals surface area (Å²) < 4.78 is 12.8. The molecule has 2 aliphatic heterocycles. The van der Waals surface area contributed by atoms with Crippen LogP contribution in [0.5, 0.6) is 0 Å². The van der Waals surface area contributed by atoms with Gasteiger partial charge in [0.25, 0.3) is 0 Å². The van der Waals surface area contributed by atoms with Gasteiger partial charge in [-0.15, -0.1) is 0 Å². The molecule has 1 aliphatic carbocycles. The van der Waals surface area contributed by atoms with E-state index in [1.54, 1.807) is 0 Å². The average Bonchev–Trinajstić information content (AvgIpc) is 3.48. The molecule has 1 aromatic carbocycles. The summed E-state index contributed by atoms with van der Waals surface area (Å²) in [5, 5.41) is 0. The number of amides is 1. The Bertz CT molecular complexity index is 653. The number of ether oxygens (including phenoxy) is 2. The van der Waals surface area contributed by atoms with Crippen molar-refractivity contribution in [3.05, 3.63) is 34.3 Å². The number of carbonyl (C=O) groups excluding carboxylic acids is 1. The summed E-state index contributed by atoms with van der Waals surface area (Å²) in [4.78, 5) is 14.7. The summed E-state index contributed by atoms with van der Waals surface area (Å²) in [6, 6.07) is 8.18. The van der Waals surface area contributed by atoms with E-state index in [9.17, 15) is 4.79 Å². The number of hydrogen-bond acceptors (Lipinski definition) is 3. The average molecular weight is 408 g/mol. The minimum atomic E-state index is -0.334. The lowest BCUT2D eigenvalue weighted by molar-refractivity contribution is -0.0775. The number of nitrogens with zero attached hydrogens (tertiary/aromatic N) is 1. The fourth-order valence-electron chi connectivity index (χ4n) is 4.08. The standard InChI is InChI=1S/C20H26BrNO3/c1-14(16-5-7-17(21)8-6-16)22-10-9-20(25-18(22)23,11-15-3-4-15)12-19(2)13-24-19/h5-8,14-15H,3-4,9-13H2,1-2H3. The first-order chi connectivity index (χ1) is 11.9. The van der Waals surface area contributed by atoms with Gasteiger partial charge in [0.15, 0.2) is 0 Å². The zero-order chi connectivity index (χ0) is 17.7. The predicted octanol–water partition coefficient (Wildman–Crippen LogP) is 5.07. The first kappa shape index (κ1) is 17.3. The van der Waals surface area contributed by atoms with E-state index in [4.69, 9.17) is 9.47 Å². The summed E-state index contributed by atoms with van der Waals surface area (Å²) in [6.07, 6.45) is 5.11. The van der Waals surface area contributed by atoms with Gasteiger partial charge < -0.3 is 14.4 Å². The third kappa shape index (κ3) is 3.87. The van der Waals surface area contributed by atoms with Crippen LogP contribution in [0, 0.1) is 5.92 Å². The molecule has 5 heteroatoms. The van der Waals surface area contributed by atoms with Gasteiger partial charge >= 0.3 is 6.09 Å². The summed E-state index contributed by atoms with van der Waals surface area (Å²) in [5.74, 6) is 0.727. The maximum Gasteiger partial charge on any atom is 0.410 e. The molecule has 1 amide bonds. The molecule has 0 bridgehead atoms. The van der Waals surface area contributed by atoms with Gasteiger partial charge in [-0.1, -0.05) is 40.9 Å². The molecule has 0 aromatic heterocycles. The fraction of sp³-hybridized carbons (Fsp3) is 0.650. The van der Waals surface area contributed by atoms with Crippen molar-refractivity contribution in [2.45, 2.75) is 63.2 Å². The Morgan fingerprint density at radius 2 is 2.00 bits per heavy atom. The minimum absolute atomic E-state index is 0.0206. The molecule has 25 heavy (non-hydrogen) atoms. The molecule has 4 rings (SSSR count). The maximum atomic E-state index is 12.9. The second-order valence-electron chi connectivity index (χ2n) is 8.28. The highest BCUT2D eigenvalue weighted by Gasteiger charge is 2.53. The summed E-state index contributed by atoms with van der Waals surface area (Å²) in [5.41, 5.74) is 0.709. The Balaban J connectivity index is 1.47. The van der Waals surface area contributed by atoms with Crippen molar-refractivity contribution in [1.29, 1.82) is 0 Å². The Hall–Kier alpha value is -1.07. The molecular weight excluding hydrogens is 382 g/mol. The lowest BCUT2D eigenvalue weighted by Gasteiger charge is -2.44. The first-order valence-corrected chi connectivity index (χ1v) is 10.1. The van der Waals surface area contributed by atoms with E-state index < -0.39 is 0 Å². The van der Waals surface area contributed by atoms with Gasteiger partial charge in [-0.3, -0.25) is 0 Å². The van der Waals surface area contributed by atoms with Crippen LogP contribution in [0.1, 0.15) is 57.6 Å². The zero-order valence-corrected chi connectivity index (χ0v) is 16.5. The molecule has 3 aliphatic rings. The van der Waals surface area contributed by atoms with Crippen LogP contribution in [0.4, 0.5) is 4.79 Å². The summed E-state index contributed by atoms with van der Waals surface area (Å²) in [7, 11) is 0. The number of rotatable bonds is 6. The monoisotopic (exact) mass is 407 g/mol. The highest BCUT2D eigenvalue weighted by molar-refractivity contribution is 9.10. The molecule has 3 fully saturated rings. The van der Waals surface area contributed by atoms with Crippen molar-refractivity contribution in [3.63, 3.8) is 0 Å². The molecular formula is C20H26BrNO3. The van der Waals surface area contributed by atoms with Crippen LogP contribution in [0.15, 0.2) is 28.7 Å². The van der Waals surface area contributed by atoms with E-state index in [1.165, 1.54) is 12.8 Å². The molecule has 4 nitrogen and oxygen atoms in total. The second-order valence-corrected chi connectivity index (χ2v) is 9.20. The van der Waals surface area contributed by atoms with E-state index >= 15 is 0 Å². The molecule has 0 N–H and O–H groups in total. The van der Waals surface area contributed by atoms with Crippen molar-refractivity contribution < 1.29 is 14.3 Å². The second kappa shape index (κ2) is 6.27. The van der Waals surface area contributed by atoms with Crippen LogP contribution in [0.25, 0.3) is 0 Å². The zero-order valence-electron chi connectivity index (χ0n) is 15.0. The van der Waals surface area contributed by atoms with Gasteiger partial charge in [0.1, 0.15) is 5.60 Å². The Labute approximate surface area is 158 Å². The first-order valence-electron chi connectivity index (χ1n) is 9.27. The van der Waals surface area contributed by atoms with Gasteiger partial charge in [0.2, 0.25) is 0 Å². The van der Waals surface area contributed by atoms with Crippen LogP contribution in [-0.2, 0) is 9.47 Å². The normalized spacial score (nSPS) is 33.1. The smallest absolute Gasteiger partial charge is 0.410 e. The van der Waals surface area contributed by atoms with Gasteiger partial charge in [-0.2, -0.15) is 0 Å². The highest BCUT2D eigenvalue weighted by Crippen LogP contribution is 2.48. The molecule has 0 spiro atoms. The van der Waals surface area contributed by atoms with E-state index in [0.717, 1.165) is 48.4 Å². The fourth-order valence-corrected chi connectivity index (χ4v) is 4.34.